The Bertz CT molecular complexity index is 699. The minimum absolute atomic E-state index is 0.170. The molecular formula is C15H18ClN5O2. The van der Waals surface area contributed by atoms with Crippen LogP contribution in [0.15, 0.2) is 18.5 Å². The quantitative estimate of drug-likeness (QED) is 0.837. The second-order valence-electron chi connectivity index (χ2n) is 5.33. The SMILES string of the molecule is CCOc1ccc(Cl)c(C(=O)NCCn2cnnc2C2CC2)n1. The van der Waals surface area contributed by atoms with Crippen LogP contribution in [0.4, 0.5) is 0 Å². The van der Waals surface area contributed by atoms with Crippen LogP contribution in [0.5, 0.6) is 5.88 Å². The fraction of sp³-hybridized carbons (Fsp3) is 0.467. The van der Waals surface area contributed by atoms with E-state index in [1.165, 1.54) is 0 Å². The summed E-state index contributed by atoms with van der Waals surface area (Å²) in [7, 11) is 0. The van der Waals surface area contributed by atoms with Crippen molar-refractivity contribution in [2.24, 2.45) is 0 Å². The molecule has 2 heterocycles. The highest BCUT2D eigenvalue weighted by atomic mass is 35.5. The van der Waals surface area contributed by atoms with Gasteiger partial charge in [-0.15, -0.1) is 10.2 Å². The standard InChI is InChI=1S/C15H18ClN5O2/c1-2-23-12-6-5-11(16)13(19-12)15(22)17-7-8-21-9-18-20-14(21)10-3-4-10/h5-6,9-10H,2-4,7-8H2,1H3,(H,17,22). The van der Waals surface area contributed by atoms with Gasteiger partial charge in [-0.3, -0.25) is 4.79 Å². The molecule has 0 aromatic carbocycles. The number of carbonyl (C=O) groups excluding carboxylic acids is 1. The van der Waals surface area contributed by atoms with Gasteiger partial charge in [-0.05, 0) is 25.8 Å². The predicted molar refractivity (Wildman–Crippen MR) is 84.7 cm³/mol. The lowest BCUT2D eigenvalue weighted by Gasteiger charge is -2.09. The molecule has 7 nitrogen and oxygen atoms in total. The van der Waals surface area contributed by atoms with Crippen molar-refractivity contribution in [3.63, 3.8) is 0 Å². The third-order valence-corrected chi connectivity index (χ3v) is 3.86. The maximum atomic E-state index is 12.2. The van der Waals surface area contributed by atoms with E-state index in [0.29, 0.717) is 36.5 Å². The molecule has 0 bridgehead atoms. The lowest BCUT2D eigenvalue weighted by Crippen LogP contribution is -2.28. The first kappa shape index (κ1) is 15.7. The molecule has 1 aliphatic carbocycles. The number of ether oxygens (including phenoxy) is 1. The normalized spacial score (nSPS) is 13.8. The predicted octanol–water partition coefficient (Wildman–Crippen LogP) is 2.03. The van der Waals surface area contributed by atoms with Crippen molar-refractivity contribution < 1.29 is 9.53 Å². The number of halogens is 1. The van der Waals surface area contributed by atoms with Gasteiger partial charge in [0.05, 0.1) is 11.6 Å². The van der Waals surface area contributed by atoms with Gasteiger partial charge < -0.3 is 14.6 Å². The van der Waals surface area contributed by atoms with Crippen LogP contribution in [0.1, 0.15) is 42.0 Å². The molecule has 1 amide bonds. The number of nitrogens with zero attached hydrogens (tertiary/aromatic N) is 4. The van der Waals surface area contributed by atoms with E-state index in [-0.39, 0.29) is 11.6 Å². The van der Waals surface area contributed by atoms with Gasteiger partial charge in [0.1, 0.15) is 12.2 Å². The van der Waals surface area contributed by atoms with Crippen molar-refractivity contribution in [3.8, 4) is 5.88 Å². The lowest BCUT2D eigenvalue weighted by molar-refractivity contribution is 0.0946. The maximum Gasteiger partial charge on any atom is 0.271 e. The van der Waals surface area contributed by atoms with Gasteiger partial charge in [0.2, 0.25) is 5.88 Å². The van der Waals surface area contributed by atoms with Gasteiger partial charge >= 0.3 is 0 Å². The van der Waals surface area contributed by atoms with E-state index in [1.54, 1.807) is 18.5 Å². The summed E-state index contributed by atoms with van der Waals surface area (Å²) in [5.74, 6) is 1.58. The third-order valence-electron chi connectivity index (χ3n) is 3.55. The highest BCUT2D eigenvalue weighted by Gasteiger charge is 2.28. The minimum atomic E-state index is -0.322. The van der Waals surface area contributed by atoms with E-state index in [4.69, 9.17) is 16.3 Å². The van der Waals surface area contributed by atoms with Crippen LogP contribution in [-0.4, -0.2) is 38.8 Å². The zero-order chi connectivity index (χ0) is 16.2. The molecule has 3 rings (SSSR count). The minimum Gasteiger partial charge on any atom is -0.478 e. The zero-order valence-electron chi connectivity index (χ0n) is 12.8. The summed E-state index contributed by atoms with van der Waals surface area (Å²) in [6.07, 6.45) is 4.02. The van der Waals surface area contributed by atoms with Crippen molar-refractivity contribution in [2.45, 2.75) is 32.2 Å². The molecule has 0 unspecified atom stereocenters. The smallest absolute Gasteiger partial charge is 0.271 e. The fourth-order valence-electron chi connectivity index (χ4n) is 2.28. The molecule has 23 heavy (non-hydrogen) atoms. The van der Waals surface area contributed by atoms with Crippen LogP contribution in [0.25, 0.3) is 0 Å². The monoisotopic (exact) mass is 335 g/mol. The highest BCUT2D eigenvalue weighted by Crippen LogP contribution is 2.38. The highest BCUT2D eigenvalue weighted by molar-refractivity contribution is 6.33. The molecule has 0 spiro atoms. The largest absolute Gasteiger partial charge is 0.478 e. The Morgan fingerprint density at radius 2 is 2.30 bits per heavy atom. The van der Waals surface area contributed by atoms with Crippen molar-refractivity contribution in [2.75, 3.05) is 13.2 Å². The summed E-state index contributed by atoms with van der Waals surface area (Å²) in [6.45, 7) is 3.40. The summed E-state index contributed by atoms with van der Waals surface area (Å²) in [6, 6.07) is 3.25. The summed E-state index contributed by atoms with van der Waals surface area (Å²) >= 11 is 6.04. The molecule has 122 valence electrons. The van der Waals surface area contributed by atoms with E-state index < -0.39 is 0 Å². The molecule has 1 fully saturated rings. The molecule has 8 heteroatoms. The number of hydrogen-bond acceptors (Lipinski definition) is 5. The Kier molecular flexibility index (Phi) is 4.76. The van der Waals surface area contributed by atoms with Gasteiger partial charge in [-0.2, -0.15) is 0 Å². The molecule has 1 saturated carbocycles. The molecule has 1 N–H and O–H groups in total. The third kappa shape index (κ3) is 3.79. The van der Waals surface area contributed by atoms with Crippen molar-refractivity contribution in [1.29, 1.82) is 0 Å². The topological polar surface area (TPSA) is 81.9 Å². The molecule has 1 aliphatic rings. The molecule has 0 radical (unpaired) electrons. The maximum absolute atomic E-state index is 12.2. The molecule has 0 aliphatic heterocycles. The van der Waals surface area contributed by atoms with Crippen molar-refractivity contribution >= 4 is 17.5 Å². The zero-order valence-corrected chi connectivity index (χ0v) is 13.6. The second-order valence-corrected chi connectivity index (χ2v) is 5.73. The molecule has 0 saturated heterocycles. The first-order chi connectivity index (χ1) is 11.2. The van der Waals surface area contributed by atoms with Crippen molar-refractivity contribution in [1.82, 2.24) is 25.1 Å². The summed E-state index contributed by atoms with van der Waals surface area (Å²) in [5, 5.41) is 11.2. The Balaban J connectivity index is 1.58. The summed E-state index contributed by atoms with van der Waals surface area (Å²) in [4.78, 5) is 16.4. The van der Waals surface area contributed by atoms with Gasteiger partial charge in [-0.25, -0.2) is 4.98 Å². The van der Waals surface area contributed by atoms with Crippen LogP contribution in [-0.2, 0) is 6.54 Å². The molecular weight excluding hydrogens is 318 g/mol. The molecule has 2 aromatic heterocycles. The van der Waals surface area contributed by atoms with Gasteiger partial charge in [0, 0.05) is 25.1 Å². The van der Waals surface area contributed by atoms with E-state index in [1.807, 2.05) is 11.5 Å². The molecule has 2 aromatic rings. The van der Waals surface area contributed by atoms with E-state index >= 15 is 0 Å². The number of amides is 1. The van der Waals surface area contributed by atoms with E-state index in [0.717, 1.165) is 18.7 Å². The average Bonchev–Trinajstić information content (AvgIpc) is 3.28. The average molecular weight is 336 g/mol. The number of carbonyl (C=O) groups is 1. The Hall–Kier alpha value is -2.15. The number of pyridine rings is 1. The van der Waals surface area contributed by atoms with Crippen molar-refractivity contribution in [3.05, 3.63) is 35.0 Å². The Labute approximate surface area is 139 Å². The number of hydrogen-bond donors (Lipinski definition) is 1. The summed E-state index contributed by atoms with van der Waals surface area (Å²) < 4.78 is 7.27. The summed E-state index contributed by atoms with van der Waals surface area (Å²) in [5.41, 5.74) is 0.170. The second kappa shape index (κ2) is 6.95. The van der Waals surface area contributed by atoms with Gasteiger partial charge in [0.15, 0.2) is 5.69 Å². The van der Waals surface area contributed by atoms with E-state index in [9.17, 15) is 4.79 Å². The van der Waals surface area contributed by atoms with Crippen LogP contribution in [0.2, 0.25) is 5.02 Å². The fourth-order valence-corrected chi connectivity index (χ4v) is 2.47. The number of rotatable bonds is 7. The van der Waals surface area contributed by atoms with Crippen LogP contribution >= 0.6 is 11.6 Å². The van der Waals surface area contributed by atoms with Crippen LogP contribution in [0, 0.1) is 0 Å². The number of aromatic nitrogens is 4. The van der Waals surface area contributed by atoms with Gasteiger partial charge in [-0.1, -0.05) is 11.6 Å². The van der Waals surface area contributed by atoms with E-state index in [2.05, 4.69) is 20.5 Å². The lowest BCUT2D eigenvalue weighted by atomic mass is 10.3. The van der Waals surface area contributed by atoms with Gasteiger partial charge in [0.25, 0.3) is 5.91 Å². The Morgan fingerprint density at radius 3 is 3.04 bits per heavy atom. The number of nitrogens with one attached hydrogen (secondary N) is 1. The van der Waals surface area contributed by atoms with Crippen LogP contribution in [0.3, 0.4) is 0 Å². The Morgan fingerprint density at radius 1 is 1.48 bits per heavy atom. The first-order valence-electron chi connectivity index (χ1n) is 7.64. The molecule has 0 atom stereocenters. The van der Waals surface area contributed by atoms with Crippen LogP contribution < -0.4 is 10.1 Å². The first-order valence-corrected chi connectivity index (χ1v) is 8.02.